The summed E-state index contributed by atoms with van der Waals surface area (Å²) in [5, 5.41) is 0. The first-order valence-corrected chi connectivity index (χ1v) is 6.79. The van der Waals surface area contributed by atoms with Crippen molar-refractivity contribution in [1.82, 2.24) is 0 Å². The van der Waals surface area contributed by atoms with Crippen LogP contribution in [0.4, 0.5) is 0 Å². The Morgan fingerprint density at radius 2 is 2.26 bits per heavy atom. The van der Waals surface area contributed by atoms with Crippen LogP contribution in [-0.4, -0.2) is 36.9 Å². The lowest BCUT2D eigenvalue weighted by Gasteiger charge is -2.47. The Labute approximate surface area is 111 Å². The van der Waals surface area contributed by atoms with Crippen LogP contribution in [0.25, 0.3) is 0 Å². The number of ether oxygens (including phenoxy) is 3. The zero-order chi connectivity index (χ0) is 13.5. The first-order valence-electron chi connectivity index (χ1n) is 6.79. The van der Waals surface area contributed by atoms with Crippen molar-refractivity contribution in [3.8, 4) is 0 Å². The van der Waals surface area contributed by atoms with E-state index in [1.807, 2.05) is 0 Å². The fourth-order valence-corrected chi connectivity index (χ4v) is 3.24. The smallest absolute Gasteiger partial charge is 0.303 e. The second-order valence-electron chi connectivity index (χ2n) is 5.43. The molecule has 19 heavy (non-hydrogen) atoms. The van der Waals surface area contributed by atoms with Gasteiger partial charge in [0.1, 0.15) is 0 Å². The highest BCUT2D eigenvalue weighted by Gasteiger charge is 2.54. The van der Waals surface area contributed by atoms with Crippen LogP contribution in [0.2, 0.25) is 0 Å². The molecule has 1 unspecified atom stereocenters. The SMILES string of the molecule is CC(=O)O[C@H]1[C@H]2CC(=O)C=C2COC12CCCCO2. The van der Waals surface area contributed by atoms with Crippen LogP contribution < -0.4 is 0 Å². The normalized spacial score (nSPS) is 37.9. The second kappa shape index (κ2) is 4.72. The second-order valence-corrected chi connectivity index (χ2v) is 5.43. The van der Waals surface area contributed by atoms with E-state index in [4.69, 9.17) is 14.2 Å². The van der Waals surface area contributed by atoms with E-state index in [0.29, 0.717) is 26.1 Å². The standard InChI is InChI=1S/C14H18O5/c1-9(15)19-13-12-7-11(16)6-10(12)8-18-14(13)4-2-3-5-17-14/h6,12-13H,2-5,7-8H2,1H3/t12-,13-,14?/m0/s1. The Bertz CT molecular complexity index is 433. The lowest BCUT2D eigenvalue weighted by Crippen LogP contribution is -2.57. The van der Waals surface area contributed by atoms with Gasteiger partial charge in [-0.2, -0.15) is 0 Å². The van der Waals surface area contributed by atoms with Gasteiger partial charge in [-0.05, 0) is 24.5 Å². The maximum Gasteiger partial charge on any atom is 0.303 e. The Balaban J connectivity index is 1.90. The van der Waals surface area contributed by atoms with Gasteiger partial charge in [-0.25, -0.2) is 0 Å². The van der Waals surface area contributed by atoms with Crippen LogP contribution in [0.15, 0.2) is 11.6 Å². The highest BCUT2D eigenvalue weighted by molar-refractivity contribution is 5.93. The van der Waals surface area contributed by atoms with Gasteiger partial charge in [-0.3, -0.25) is 9.59 Å². The van der Waals surface area contributed by atoms with Crippen LogP contribution in [-0.2, 0) is 23.8 Å². The van der Waals surface area contributed by atoms with Crippen LogP contribution >= 0.6 is 0 Å². The fourth-order valence-electron chi connectivity index (χ4n) is 3.24. The molecule has 2 fully saturated rings. The number of allylic oxidation sites excluding steroid dienone is 1. The lowest BCUT2D eigenvalue weighted by molar-refractivity contribution is -0.317. The van der Waals surface area contributed by atoms with Crippen molar-refractivity contribution in [2.45, 2.75) is 44.5 Å². The molecule has 3 rings (SSSR count). The molecule has 2 saturated heterocycles. The van der Waals surface area contributed by atoms with Gasteiger partial charge >= 0.3 is 5.97 Å². The van der Waals surface area contributed by atoms with Gasteiger partial charge in [0.15, 0.2) is 11.9 Å². The number of carbonyl (C=O) groups excluding carboxylic acids is 2. The molecular weight excluding hydrogens is 248 g/mol. The average molecular weight is 266 g/mol. The van der Waals surface area contributed by atoms with Crippen LogP contribution in [0.3, 0.4) is 0 Å². The molecule has 0 N–H and O–H groups in total. The molecule has 0 bridgehead atoms. The summed E-state index contributed by atoms with van der Waals surface area (Å²) in [6, 6.07) is 0. The first kappa shape index (κ1) is 12.8. The van der Waals surface area contributed by atoms with Gasteiger partial charge in [-0.1, -0.05) is 0 Å². The maximum absolute atomic E-state index is 11.6. The predicted octanol–water partition coefficient (Wildman–Crippen LogP) is 1.36. The Kier molecular flexibility index (Phi) is 3.19. The van der Waals surface area contributed by atoms with Crippen LogP contribution in [0.5, 0.6) is 0 Å². The van der Waals surface area contributed by atoms with E-state index < -0.39 is 11.9 Å². The fraction of sp³-hybridized carbons (Fsp3) is 0.714. The zero-order valence-corrected chi connectivity index (χ0v) is 11.0. The summed E-state index contributed by atoms with van der Waals surface area (Å²) in [5.74, 6) is -1.21. The minimum atomic E-state index is -0.851. The number of carbonyl (C=O) groups is 2. The van der Waals surface area contributed by atoms with Gasteiger partial charge in [0.25, 0.3) is 0 Å². The number of esters is 1. The summed E-state index contributed by atoms with van der Waals surface area (Å²) in [6.45, 7) is 2.39. The Morgan fingerprint density at radius 3 is 2.95 bits per heavy atom. The topological polar surface area (TPSA) is 61.8 Å². The number of fused-ring (bicyclic) bond motifs is 1. The molecule has 104 valence electrons. The number of ketones is 1. The van der Waals surface area contributed by atoms with Gasteiger partial charge in [0, 0.05) is 25.7 Å². The molecular formula is C14H18O5. The molecule has 5 nitrogen and oxygen atoms in total. The number of hydrogen-bond acceptors (Lipinski definition) is 5. The molecule has 1 aliphatic carbocycles. The average Bonchev–Trinajstić information content (AvgIpc) is 2.75. The highest BCUT2D eigenvalue weighted by atomic mass is 16.7. The Morgan fingerprint density at radius 1 is 1.42 bits per heavy atom. The van der Waals surface area contributed by atoms with E-state index in [9.17, 15) is 9.59 Å². The van der Waals surface area contributed by atoms with E-state index in [1.165, 1.54) is 6.92 Å². The van der Waals surface area contributed by atoms with Crippen molar-refractivity contribution < 1.29 is 23.8 Å². The van der Waals surface area contributed by atoms with Crippen molar-refractivity contribution in [3.63, 3.8) is 0 Å². The molecule has 3 aliphatic rings. The van der Waals surface area contributed by atoms with Crippen molar-refractivity contribution >= 4 is 11.8 Å². The highest BCUT2D eigenvalue weighted by Crippen LogP contribution is 2.44. The minimum Gasteiger partial charge on any atom is -0.456 e. The molecule has 0 aromatic rings. The van der Waals surface area contributed by atoms with Crippen LogP contribution in [0, 0.1) is 5.92 Å². The first-order chi connectivity index (χ1) is 9.11. The van der Waals surface area contributed by atoms with E-state index >= 15 is 0 Å². The lowest BCUT2D eigenvalue weighted by atomic mass is 9.83. The molecule has 2 heterocycles. The van der Waals surface area contributed by atoms with E-state index in [1.54, 1.807) is 6.08 Å². The quantitative estimate of drug-likeness (QED) is 0.671. The van der Waals surface area contributed by atoms with Crippen LogP contribution in [0.1, 0.15) is 32.6 Å². The molecule has 5 heteroatoms. The predicted molar refractivity (Wildman–Crippen MR) is 65.2 cm³/mol. The van der Waals surface area contributed by atoms with Gasteiger partial charge < -0.3 is 14.2 Å². The van der Waals surface area contributed by atoms with Gasteiger partial charge in [0.05, 0.1) is 13.2 Å². The minimum absolute atomic E-state index is 0.0774. The summed E-state index contributed by atoms with van der Waals surface area (Å²) in [6.07, 6.45) is 4.19. The molecule has 1 spiro atoms. The molecule has 0 radical (unpaired) electrons. The third-order valence-corrected chi connectivity index (χ3v) is 4.08. The molecule has 0 amide bonds. The van der Waals surface area contributed by atoms with E-state index in [-0.39, 0.29) is 17.7 Å². The summed E-state index contributed by atoms with van der Waals surface area (Å²) in [5.41, 5.74) is 0.927. The third kappa shape index (κ3) is 2.21. The molecule has 0 aromatic heterocycles. The molecule has 3 atom stereocenters. The van der Waals surface area contributed by atoms with Gasteiger partial charge in [-0.15, -0.1) is 0 Å². The monoisotopic (exact) mass is 266 g/mol. The van der Waals surface area contributed by atoms with Crippen molar-refractivity contribution in [1.29, 1.82) is 0 Å². The van der Waals surface area contributed by atoms with E-state index in [0.717, 1.165) is 18.4 Å². The van der Waals surface area contributed by atoms with Crippen molar-refractivity contribution in [2.24, 2.45) is 5.92 Å². The summed E-state index contributed by atoms with van der Waals surface area (Å²) >= 11 is 0. The third-order valence-electron chi connectivity index (χ3n) is 4.08. The number of rotatable bonds is 1. The summed E-state index contributed by atoms with van der Waals surface area (Å²) in [4.78, 5) is 23.0. The summed E-state index contributed by atoms with van der Waals surface area (Å²) in [7, 11) is 0. The van der Waals surface area contributed by atoms with E-state index in [2.05, 4.69) is 0 Å². The van der Waals surface area contributed by atoms with Crippen molar-refractivity contribution in [3.05, 3.63) is 11.6 Å². The zero-order valence-electron chi connectivity index (χ0n) is 11.0. The largest absolute Gasteiger partial charge is 0.456 e. The van der Waals surface area contributed by atoms with Gasteiger partial charge in [0.2, 0.25) is 5.79 Å². The number of hydrogen-bond donors (Lipinski definition) is 0. The molecule has 0 aromatic carbocycles. The molecule has 0 saturated carbocycles. The maximum atomic E-state index is 11.6. The summed E-state index contributed by atoms with van der Waals surface area (Å²) < 4.78 is 17.2. The Hall–Kier alpha value is -1.20. The van der Waals surface area contributed by atoms with Crippen molar-refractivity contribution in [2.75, 3.05) is 13.2 Å². The molecule has 2 aliphatic heterocycles.